The van der Waals surface area contributed by atoms with Crippen LogP contribution in [0.2, 0.25) is 0 Å². The monoisotopic (exact) mass is 380 g/mol. The van der Waals surface area contributed by atoms with Crippen molar-refractivity contribution in [1.82, 2.24) is 0 Å². The summed E-state index contributed by atoms with van der Waals surface area (Å²) in [5.74, 6) is 0.314. The lowest BCUT2D eigenvalue weighted by atomic mass is 9.96. The van der Waals surface area contributed by atoms with E-state index in [0.717, 1.165) is 29.8 Å². The molecule has 2 heterocycles. The number of quaternary nitrogens is 1. The Bertz CT molecular complexity index is 974. The number of amides is 1. The number of amidine groups is 1. The van der Waals surface area contributed by atoms with Crippen molar-refractivity contribution in [2.75, 3.05) is 16.8 Å². The van der Waals surface area contributed by atoms with Gasteiger partial charge in [-0.2, -0.15) is 5.23 Å². The van der Waals surface area contributed by atoms with Gasteiger partial charge in [0.15, 0.2) is 11.5 Å². The summed E-state index contributed by atoms with van der Waals surface area (Å²) in [6.07, 6.45) is 2.32. The van der Waals surface area contributed by atoms with Gasteiger partial charge in [-0.05, 0) is 37.1 Å². The first-order chi connectivity index (χ1) is 13.5. The number of para-hydroxylation sites is 2. The Balaban J connectivity index is 1.67. The SMILES string of the molecule is CN1C(=O)[C@@H]2CCC[C@]23ON=C(c2ccc([NH+]([O-])O)cc2)N3c2ccccc21. The number of hydrogen-bond donors (Lipinski definition) is 2. The minimum atomic E-state index is -0.976. The lowest BCUT2D eigenvalue weighted by molar-refractivity contribution is -0.991. The summed E-state index contributed by atoms with van der Waals surface area (Å²) in [5.41, 5.74) is 1.80. The van der Waals surface area contributed by atoms with E-state index in [2.05, 4.69) is 5.16 Å². The number of rotatable bonds is 2. The van der Waals surface area contributed by atoms with Crippen molar-refractivity contribution >= 4 is 28.8 Å². The number of oxime groups is 1. The molecule has 0 aromatic heterocycles. The highest BCUT2D eigenvalue weighted by molar-refractivity contribution is 6.16. The van der Waals surface area contributed by atoms with E-state index in [1.165, 1.54) is 0 Å². The second-order valence-corrected chi connectivity index (χ2v) is 7.40. The Morgan fingerprint density at radius 3 is 2.64 bits per heavy atom. The van der Waals surface area contributed by atoms with Gasteiger partial charge in [-0.15, -0.1) is 0 Å². The Kier molecular flexibility index (Phi) is 3.70. The van der Waals surface area contributed by atoms with E-state index < -0.39 is 11.0 Å². The van der Waals surface area contributed by atoms with E-state index in [9.17, 15) is 10.0 Å². The second kappa shape index (κ2) is 6.03. The van der Waals surface area contributed by atoms with Crippen LogP contribution in [0.15, 0.2) is 53.7 Å². The van der Waals surface area contributed by atoms with E-state index in [-0.39, 0.29) is 17.5 Å². The van der Waals surface area contributed by atoms with Gasteiger partial charge in [0.1, 0.15) is 5.92 Å². The van der Waals surface area contributed by atoms with Gasteiger partial charge >= 0.3 is 0 Å². The van der Waals surface area contributed by atoms with Gasteiger partial charge < -0.3 is 14.9 Å². The molecule has 1 fully saturated rings. The number of nitrogens with one attached hydrogen (secondary N) is 1. The average Bonchev–Trinajstić information content (AvgIpc) is 3.30. The molecule has 2 aromatic rings. The fourth-order valence-corrected chi connectivity index (χ4v) is 4.59. The molecular weight excluding hydrogens is 360 g/mol. The molecule has 0 bridgehead atoms. The molecule has 1 spiro atoms. The summed E-state index contributed by atoms with van der Waals surface area (Å²) in [6.45, 7) is 0. The van der Waals surface area contributed by atoms with Crippen LogP contribution in [0.25, 0.3) is 0 Å². The zero-order valence-electron chi connectivity index (χ0n) is 15.3. The van der Waals surface area contributed by atoms with Gasteiger partial charge in [0, 0.05) is 31.2 Å². The van der Waals surface area contributed by atoms with Crippen LogP contribution in [0.1, 0.15) is 24.8 Å². The van der Waals surface area contributed by atoms with Crippen molar-refractivity contribution in [1.29, 1.82) is 0 Å². The van der Waals surface area contributed by atoms with Crippen molar-refractivity contribution in [3.63, 3.8) is 0 Å². The summed E-state index contributed by atoms with van der Waals surface area (Å²) in [6, 6.07) is 14.3. The van der Waals surface area contributed by atoms with Crippen molar-refractivity contribution in [3.8, 4) is 0 Å². The maximum absolute atomic E-state index is 13.2. The van der Waals surface area contributed by atoms with Crippen LogP contribution in [0.5, 0.6) is 0 Å². The molecule has 28 heavy (non-hydrogen) atoms. The molecule has 2 aromatic carbocycles. The fraction of sp³-hybridized carbons (Fsp3) is 0.300. The molecule has 8 nitrogen and oxygen atoms in total. The smallest absolute Gasteiger partial charge is 0.236 e. The number of nitrogens with zero attached hydrogens (tertiary/aromatic N) is 3. The second-order valence-electron chi connectivity index (χ2n) is 7.40. The molecule has 8 heteroatoms. The maximum atomic E-state index is 13.2. The third-order valence-electron chi connectivity index (χ3n) is 5.96. The highest BCUT2D eigenvalue weighted by atomic mass is 16.8. The van der Waals surface area contributed by atoms with Crippen molar-refractivity contribution in [3.05, 3.63) is 59.3 Å². The molecule has 0 radical (unpaired) electrons. The van der Waals surface area contributed by atoms with Crippen molar-refractivity contribution in [2.45, 2.75) is 25.0 Å². The standard InChI is InChI=1S/C20H20N4O4/c1-22-16-6-2-3-7-17(16)23-18(13-8-10-14(11-9-13)24(26)27)21-28-20(23)12-4-5-15(20)19(22)25/h2-3,6-11,15,24,26H,4-5,12H2,1H3/t15-,20-/m0/s1. The molecule has 1 amide bonds. The van der Waals surface area contributed by atoms with Crippen LogP contribution in [0.4, 0.5) is 17.1 Å². The molecule has 2 aliphatic heterocycles. The van der Waals surface area contributed by atoms with Gasteiger partial charge in [-0.1, -0.05) is 17.3 Å². The molecule has 0 saturated heterocycles. The van der Waals surface area contributed by atoms with E-state index in [1.54, 1.807) is 36.2 Å². The molecule has 144 valence electrons. The first-order valence-electron chi connectivity index (χ1n) is 9.30. The summed E-state index contributed by atoms with van der Waals surface area (Å²) < 4.78 is 0. The normalized spacial score (nSPS) is 26.8. The Hall–Kier alpha value is -2.94. The Labute approximate surface area is 161 Å². The molecule has 3 aliphatic rings. The topological polar surface area (TPSA) is 92.9 Å². The number of benzene rings is 2. The van der Waals surface area contributed by atoms with Crippen molar-refractivity contribution in [2.24, 2.45) is 11.1 Å². The van der Waals surface area contributed by atoms with E-state index in [1.807, 2.05) is 29.2 Å². The maximum Gasteiger partial charge on any atom is 0.236 e. The number of carbonyl (C=O) groups is 1. The van der Waals surface area contributed by atoms with Gasteiger partial charge in [-0.3, -0.25) is 9.69 Å². The molecular formula is C20H20N4O4. The number of carbonyl (C=O) groups excluding carboxylic acids is 1. The molecule has 1 unspecified atom stereocenters. The largest absolute Gasteiger partial charge is 0.595 e. The summed E-state index contributed by atoms with van der Waals surface area (Å²) in [7, 11) is 1.80. The lowest BCUT2D eigenvalue weighted by Gasteiger charge is -2.36. The van der Waals surface area contributed by atoms with Crippen molar-refractivity contribution < 1.29 is 20.1 Å². The highest BCUT2D eigenvalue weighted by Crippen LogP contribution is 2.52. The van der Waals surface area contributed by atoms with Gasteiger partial charge in [-0.25, -0.2) is 5.21 Å². The molecule has 2 N–H and O–H groups in total. The summed E-state index contributed by atoms with van der Waals surface area (Å²) in [4.78, 5) is 23.0. The number of anilines is 2. The van der Waals surface area contributed by atoms with Gasteiger partial charge in [0.2, 0.25) is 11.6 Å². The minimum Gasteiger partial charge on any atom is -0.595 e. The van der Waals surface area contributed by atoms with E-state index in [4.69, 9.17) is 10.0 Å². The lowest BCUT2D eigenvalue weighted by Crippen LogP contribution is -2.99. The first kappa shape index (κ1) is 17.2. The predicted octanol–water partition coefficient (Wildman–Crippen LogP) is 1.76. The first-order valence-corrected chi connectivity index (χ1v) is 9.30. The number of hydrogen-bond acceptors (Lipinski definition) is 6. The van der Waals surface area contributed by atoms with Gasteiger partial charge in [0.05, 0.1) is 11.4 Å². The molecule has 5 rings (SSSR count). The van der Waals surface area contributed by atoms with E-state index >= 15 is 0 Å². The van der Waals surface area contributed by atoms with Gasteiger partial charge in [0.25, 0.3) is 0 Å². The molecule has 1 aliphatic carbocycles. The Morgan fingerprint density at radius 2 is 1.93 bits per heavy atom. The van der Waals surface area contributed by atoms with E-state index in [0.29, 0.717) is 12.3 Å². The minimum absolute atomic E-state index is 0.0325. The zero-order valence-corrected chi connectivity index (χ0v) is 15.3. The highest BCUT2D eigenvalue weighted by Gasteiger charge is 2.61. The summed E-state index contributed by atoms with van der Waals surface area (Å²) >= 11 is 0. The zero-order chi connectivity index (χ0) is 19.5. The third-order valence-corrected chi connectivity index (χ3v) is 5.96. The van der Waals surface area contributed by atoms with Crippen LogP contribution < -0.4 is 15.0 Å². The predicted molar refractivity (Wildman–Crippen MR) is 102 cm³/mol. The Morgan fingerprint density at radius 1 is 1.21 bits per heavy atom. The van der Waals surface area contributed by atoms with Crippen LogP contribution >= 0.6 is 0 Å². The quantitative estimate of drug-likeness (QED) is 0.775. The average molecular weight is 380 g/mol. The number of fused-ring (bicyclic) bond motifs is 2. The van der Waals surface area contributed by atoms with Crippen LogP contribution in [-0.4, -0.2) is 29.7 Å². The van der Waals surface area contributed by atoms with Crippen LogP contribution in [0, 0.1) is 11.1 Å². The molecule has 3 atom stereocenters. The fourth-order valence-electron chi connectivity index (χ4n) is 4.59. The molecule has 1 saturated carbocycles. The van der Waals surface area contributed by atoms with Crippen LogP contribution in [0.3, 0.4) is 0 Å². The van der Waals surface area contributed by atoms with Crippen LogP contribution in [-0.2, 0) is 9.63 Å². The summed E-state index contributed by atoms with van der Waals surface area (Å²) in [5, 5.41) is 23.8. The third kappa shape index (κ3) is 2.22.